The van der Waals surface area contributed by atoms with E-state index in [1.54, 1.807) is 31.0 Å². The monoisotopic (exact) mass is 315 g/mol. The molecule has 3 aromatic heterocycles. The number of aryl methyl sites for hydroxylation is 1. The van der Waals surface area contributed by atoms with Crippen molar-refractivity contribution in [1.29, 1.82) is 0 Å². The van der Waals surface area contributed by atoms with Crippen LogP contribution in [-0.4, -0.2) is 30.6 Å². The molecule has 0 atom stereocenters. The zero-order valence-electron chi connectivity index (χ0n) is 12.5. The number of carbonyl (C=O) groups excluding carboxylic acids is 1. The van der Waals surface area contributed by atoms with Gasteiger partial charge in [-0.05, 0) is 6.92 Å². The van der Waals surface area contributed by atoms with E-state index in [4.69, 9.17) is 5.73 Å². The van der Waals surface area contributed by atoms with Gasteiger partial charge in [-0.15, -0.1) is 0 Å². The Bertz CT molecular complexity index is 883. The molecule has 3 aromatic rings. The number of primary amides is 1. The fourth-order valence-electron chi connectivity index (χ4n) is 2.28. The van der Waals surface area contributed by atoms with Crippen molar-refractivity contribution in [3.05, 3.63) is 42.2 Å². The molecule has 2 amide bonds. The van der Waals surface area contributed by atoms with Crippen LogP contribution in [0.4, 0.5) is 15.0 Å². The molecule has 0 aliphatic rings. The summed E-state index contributed by atoms with van der Waals surface area (Å²) in [4.78, 5) is 15.1. The van der Waals surface area contributed by atoms with Crippen LogP contribution in [0.3, 0.4) is 0 Å². The van der Waals surface area contributed by atoms with Crippen LogP contribution in [0.5, 0.6) is 0 Å². The first-order chi connectivity index (χ1) is 11.0. The van der Waals surface area contributed by atoms with Crippen LogP contribution < -0.4 is 11.1 Å². The first-order valence-corrected chi connectivity index (χ1v) is 6.71. The summed E-state index contributed by atoms with van der Waals surface area (Å²) in [5, 5.41) is 11.1. The molecule has 0 aromatic carbocycles. The van der Waals surface area contributed by atoms with E-state index in [0.717, 1.165) is 11.8 Å². The lowest BCUT2D eigenvalue weighted by atomic mass is 10.1. The van der Waals surface area contributed by atoms with E-state index < -0.39 is 11.8 Å². The van der Waals surface area contributed by atoms with E-state index >= 15 is 0 Å². The number of aromatic nitrogens is 5. The number of nitrogens with one attached hydrogen (secondary N) is 1. The van der Waals surface area contributed by atoms with Gasteiger partial charge in [0.25, 0.3) is 0 Å². The molecule has 8 nitrogen and oxygen atoms in total. The van der Waals surface area contributed by atoms with Crippen molar-refractivity contribution in [2.24, 2.45) is 12.8 Å². The Balaban J connectivity index is 2.19. The average molecular weight is 315 g/mol. The van der Waals surface area contributed by atoms with Crippen molar-refractivity contribution < 1.29 is 9.18 Å². The van der Waals surface area contributed by atoms with Crippen LogP contribution in [0, 0.1) is 12.7 Å². The summed E-state index contributed by atoms with van der Waals surface area (Å²) in [6.07, 6.45) is 5.97. The Morgan fingerprint density at radius 3 is 2.74 bits per heavy atom. The van der Waals surface area contributed by atoms with Gasteiger partial charge in [0.1, 0.15) is 17.3 Å². The van der Waals surface area contributed by atoms with Crippen LogP contribution >= 0.6 is 0 Å². The number of nitrogens with zero attached hydrogens (tertiary/aromatic N) is 5. The van der Waals surface area contributed by atoms with E-state index in [0.29, 0.717) is 22.8 Å². The minimum Gasteiger partial charge on any atom is -0.351 e. The van der Waals surface area contributed by atoms with Gasteiger partial charge in [-0.2, -0.15) is 10.2 Å². The van der Waals surface area contributed by atoms with Gasteiger partial charge < -0.3 is 5.73 Å². The highest BCUT2D eigenvalue weighted by atomic mass is 19.1. The SMILES string of the molecule is Cc1c(-c2cnn(C)c2)nn(-c2cncc(F)c2)c1NC(N)=O. The molecule has 3 N–H and O–H groups in total. The molecule has 0 fully saturated rings. The number of halogens is 1. The number of pyridine rings is 1. The van der Waals surface area contributed by atoms with Crippen molar-refractivity contribution in [2.75, 3.05) is 5.32 Å². The molecule has 3 rings (SSSR count). The second-order valence-corrected chi connectivity index (χ2v) is 4.99. The highest BCUT2D eigenvalue weighted by Crippen LogP contribution is 2.30. The first-order valence-electron chi connectivity index (χ1n) is 6.71. The van der Waals surface area contributed by atoms with Gasteiger partial charge in [0.15, 0.2) is 0 Å². The fraction of sp³-hybridized carbons (Fsp3) is 0.143. The number of amides is 2. The van der Waals surface area contributed by atoms with E-state index in [1.807, 2.05) is 0 Å². The molecule has 3 heterocycles. The lowest BCUT2D eigenvalue weighted by Gasteiger charge is -2.07. The Morgan fingerprint density at radius 2 is 2.13 bits per heavy atom. The van der Waals surface area contributed by atoms with Gasteiger partial charge in [-0.25, -0.2) is 13.9 Å². The Hall–Kier alpha value is -3.23. The molecule has 0 radical (unpaired) electrons. The minimum atomic E-state index is -0.739. The third kappa shape index (κ3) is 2.76. The molecular formula is C14H14FN7O. The molecule has 0 saturated carbocycles. The number of hydrogen-bond acceptors (Lipinski definition) is 4. The zero-order valence-corrected chi connectivity index (χ0v) is 12.5. The number of carbonyl (C=O) groups is 1. The Morgan fingerprint density at radius 1 is 1.35 bits per heavy atom. The number of nitrogens with two attached hydrogens (primary N) is 1. The van der Waals surface area contributed by atoms with Crippen molar-refractivity contribution in [1.82, 2.24) is 24.5 Å². The lowest BCUT2D eigenvalue weighted by molar-refractivity contribution is 0.259. The van der Waals surface area contributed by atoms with Crippen molar-refractivity contribution in [3.8, 4) is 16.9 Å². The van der Waals surface area contributed by atoms with Crippen molar-refractivity contribution in [3.63, 3.8) is 0 Å². The number of rotatable bonds is 3. The maximum absolute atomic E-state index is 13.5. The normalized spacial score (nSPS) is 10.7. The predicted octanol–water partition coefficient (Wildman–Crippen LogP) is 1.61. The molecule has 0 aliphatic heterocycles. The number of hydrogen-bond donors (Lipinski definition) is 2. The summed E-state index contributed by atoms with van der Waals surface area (Å²) in [5.74, 6) is -0.160. The second kappa shape index (κ2) is 5.52. The van der Waals surface area contributed by atoms with Gasteiger partial charge >= 0.3 is 6.03 Å². The van der Waals surface area contributed by atoms with Crippen LogP contribution in [0.15, 0.2) is 30.9 Å². The fourth-order valence-corrected chi connectivity index (χ4v) is 2.28. The summed E-state index contributed by atoms with van der Waals surface area (Å²) in [6, 6.07) is 0.523. The third-order valence-corrected chi connectivity index (χ3v) is 3.28. The average Bonchev–Trinajstić information content (AvgIpc) is 3.04. The topological polar surface area (TPSA) is 104 Å². The summed E-state index contributed by atoms with van der Waals surface area (Å²) >= 11 is 0. The number of urea groups is 1. The highest BCUT2D eigenvalue weighted by Gasteiger charge is 2.19. The summed E-state index contributed by atoms with van der Waals surface area (Å²) in [6.45, 7) is 1.78. The zero-order chi connectivity index (χ0) is 16.6. The molecule has 23 heavy (non-hydrogen) atoms. The van der Waals surface area contributed by atoms with Gasteiger partial charge in [0.05, 0.1) is 24.3 Å². The maximum atomic E-state index is 13.5. The summed E-state index contributed by atoms with van der Waals surface area (Å²) in [5.41, 5.74) is 7.64. The largest absolute Gasteiger partial charge is 0.351 e. The molecule has 9 heteroatoms. The van der Waals surface area contributed by atoms with Crippen LogP contribution in [0.1, 0.15) is 5.56 Å². The maximum Gasteiger partial charge on any atom is 0.317 e. The Labute approximate surface area is 130 Å². The van der Waals surface area contributed by atoms with Gasteiger partial charge in [-0.3, -0.25) is 15.0 Å². The Kier molecular flexibility index (Phi) is 3.53. The third-order valence-electron chi connectivity index (χ3n) is 3.28. The van der Waals surface area contributed by atoms with Crippen molar-refractivity contribution >= 4 is 11.8 Å². The van der Waals surface area contributed by atoms with Gasteiger partial charge in [0.2, 0.25) is 0 Å². The second-order valence-electron chi connectivity index (χ2n) is 4.99. The standard InChI is InChI=1S/C14H14FN7O/c1-8-12(9-4-18-21(2)7-9)20-22(13(8)19-14(16)23)11-3-10(15)5-17-6-11/h3-7H,1-2H3,(H3,16,19,23). The molecule has 0 saturated heterocycles. The smallest absolute Gasteiger partial charge is 0.317 e. The molecular weight excluding hydrogens is 301 g/mol. The van der Waals surface area contributed by atoms with Gasteiger partial charge in [0, 0.05) is 30.4 Å². The van der Waals surface area contributed by atoms with Crippen LogP contribution in [-0.2, 0) is 7.05 Å². The quantitative estimate of drug-likeness (QED) is 0.766. The van der Waals surface area contributed by atoms with E-state index in [1.165, 1.54) is 16.9 Å². The lowest BCUT2D eigenvalue weighted by Crippen LogP contribution is -2.22. The van der Waals surface area contributed by atoms with E-state index in [2.05, 4.69) is 20.5 Å². The van der Waals surface area contributed by atoms with E-state index in [-0.39, 0.29) is 0 Å². The summed E-state index contributed by atoms with van der Waals surface area (Å²) < 4.78 is 16.5. The minimum absolute atomic E-state index is 0.351. The van der Waals surface area contributed by atoms with E-state index in [9.17, 15) is 9.18 Å². The molecule has 0 aliphatic carbocycles. The number of anilines is 1. The molecule has 118 valence electrons. The predicted molar refractivity (Wildman–Crippen MR) is 81.5 cm³/mol. The van der Waals surface area contributed by atoms with Crippen molar-refractivity contribution in [2.45, 2.75) is 6.92 Å². The van der Waals surface area contributed by atoms with Gasteiger partial charge in [-0.1, -0.05) is 0 Å². The molecule has 0 unspecified atom stereocenters. The van der Waals surface area contributed by atoms with Crippen LogP contribution in [0.2, 0.25) is 0 Å². The first kappa shape index (κ1) is 14.7. The molecule has 0 bridgehead atoms. The van der Waals surface area contributed by atoms with Crippen LogP contribution in [0.25, 0.3) is 16.9 Å². The summed E-state index contributed by atoms with van der Waals surface area (Å²) in [7, 11) is 1.79. The molecule has 0 spiro atoms. The highest BCUT2D eigenvalue weighted by molar-refractivity contribution is 5.89.